The minimum Gasteiger partial charge on any atom is -0.396 e. The molecule has 10 heteroatoms. The van der Waals surface area contributed by atoms with E-state index in [-0.39, 0.29) is 30.1 Å². The van der Waals surface area contributed by atoms with Gasteiger partial charge in [0.15, 0.2) is 0 Å². The molecule has 1 saturated carbocycles. The molecule has 2 heterocycles. The Labute approximate surface area is 189 Å². The number of aromatic nitrogens is 4. The summed E-state index contributed by atoms with van der Waals surface area (Å²) in [6.45, 7) is 1.97. The maximum absolute atomic E-state index is 14.5. The Morgan fingerprint density at radius 2 is 2.19 bits per heavy atom. The maximum Gasteiger partial charge on any atom is 0.218 e. The van der Waals surface area contributed by atoms with E-state index in [1.807, 2.05) is 25.1 Å². The molecule has 0 bridgehead atoms. The van der Waals surface area contributed by atoms with Crippen LogP contribution in [0.4, 0.5) is 10.2 Å². The number of benzene rings is 1. The zero-order valence-corrected chi connectivity index (χ0v) is 18.1. The average molecular weight is 460 g/mol. The largest absolute Gasteiger partial charge is 0.396 e. The molecular weight excluding hydrogens is 437 g/mol. The molecule has 0 saturated heterocycles. The van der Waals surface area contributed by atoms with Gasteiger partial charge in [-0.15, -0.1) is 0 Å². The predicted octanol–water partition coefficient (Wildman–Crippen LogP) is 2.41. The molecule has 0 spiro atoms. The van der Waals surface area contributed by atoms with Crippen molar-refractivity contribution in [2.75, 3.05) is 11.9 Å². The Kier molecular flexibility index (Phi) is 6.50. The third-order valence-corrected chi connectivity index (χ3v) is 5.93. The minimum absolute atomic E-state index is 0.147. The van der Waals surface area contributed by atoms with Crippen LogP contribution in [-0.4, -0.2) is 60.7 Å². The number of aliphatic hydroxyl groups is 2. The van der Waals surface area contributed by atoms with Crippen LogP contribution in [0.2, 0.25) is 5.02 Å². The molecule has 1 aliphatic carbocycles. The fraction of sp³-hybridized carbons (Fsp3) is 0.364. The van der Waals surface area contributed by atoms with Gasteiger partial charge in [0.05, 0.1) is 24.3 Å². The van der Waals surface area contributed by atoms with E-state index in [2.05, 4.69) is 20.4 Å². The molecule has 3 N–H and O–H groups in total. The van der Waals surface area contributed by atoms with Gasteiger partial charge in [0.25, 0.3) is 0 Å². The topological polar surface area (TPSA) is 113 Å². The van der Waals surface area contributed by atoms with Crippen molar-refractivity contribution >= 4 is 23.2 Å². The van der Waals surface area contributed by atoms with Crippen molar-refractivity contribution in [3.63, 3.8) is 0 Å². The van der Waals surface area contributed by atoms with Crippen LogP contribution in [0.25, 0.3) is 0 Å². The second-order valence-corrected chi connectivity index (χ2v) is 8.37. The number of nitrogens with zero attached hydrogens (tertiary/aromatic N) is 4. The molecule has 1 aromatic carbocycles. The number of nitrogens with one attached hydrogen (secondary N) is 1. The lowest BCUT2D eigenvalue weighted by molar-refractivity contribution is 0.0444. The molecule has 4 rings (SSSR count). The lowest BCUT2D eigenvalue weighted by atomic mass is 10.1. The number of ketones is 1. The second-order valence-electron chi connectivity index (χ2n) is 7.94. The maximum atomic E-state index is 14.5. The molecule has 0 radical (unpaired) electrons. The summed E-state index contributed by atoms with van der Waals surface area (Å²) in [5.41, 5.74) is 2.08. The molecule has 0 amide bonds. The second kappa shape index (κ2) is 9.32. The molecule has 168 valence electrons. The smallest absolute Gasteiger partial charge is 0.218 e. The lowest BCUT2D eigenvalue weighted by Gasteiger charge is -2.18. The quantitative estimate of drug-likeness (QED) is 0.465. The van der Waals surface area contributed by atoms with Crippen LogP contribution in [0, 0.1) is 12.8 Å². The Morgan fingerprint density at radius 3 is 2.91 bits per heavy atom. The highest BCUT2D eigenvalue weighted by molar-refractivity contribution is 6.30. The van der Waals surface area contributed by atoms with E-state index in [0.717, 1.165) is 11.3 Å². The first-order valence-electron chi connectivity index (χ1n) is 10.2. The van der Waals surface area contributed by atoms with Gasteiger partial charge in [0.2, 0.25) is 5.78 Å². The highest BCUT2D eigenvalue weighted by Gasteiger charge is 2.43. The van der Waals surface area contributed by atoms with Gasteiger partial charge in [0, 0.05) is 29.4 Å². The summed E-state index contributed by atoms with van der Waals surface area (Å²) in [5.74, 6) is -0.826. The zero-order chi connectivity index (χ0) is 22.8. The number of anilines is 1. The molecule has 0 aliphatic heterocycles. The standard InChI is InChI=1S/C22H23ClFN5O3/c1-12-5-18(28-29(12)9-13-3-2-4-15(23)6-13)21(32)16-8-25-11-26-22(16)27-17-7-14(10-30)20(31)19(17)24/h2-6,8,11,14,17,19-20,30-31H,7,9-10H2,1H3,(H,25,26,27)/t14-,17-,19-,20-/m1/s1. The van der Waals surface area contributed by atoms with Crippen LogP contribution in [0.5, 0.6) is 0 Å². The zero-order valence-electron chi connectivity index (χ0n) is 17.3. The predicted molar refractivity (Wildman–Crippen MR) is 116 cm³/mol. The van der Waals surface area contributed by atoms with Crippen LogP contribution < -0.4 is 5.32 Å². The van der Waals surface area contributed by atoms with Gasteiger partial charge in [-0.2, -0.15) is 5.10 Å². The van der Waals surface area contributed by atoms with Crippen molar-refractivity contribution in [3.05, 3.63) is 70.4 Å². The van der Waals surface area contributed by atoms with Gasteiger partial charge in [-0.3, -0.25) is 9.48 Å². The molecule has 0 unspecified atom stereocenters. The van der Waals surface area contributed by atoms with Gasteiger partial charge in [-0.05, 0) is 37.1 Å². The summed E-state index contributed by atoms with van der Waals surface area (Å²) in [4.78, 5) is 21.2. The fourth-order valence-corrected chi connectivity index (χ4v) is 4.14. The molecule has 8 nitrogen and oxygen atoms in total. The van der Waals surface area contributed by atoms with Crippen molar-refractivity contribution in [2.45, 2.75) is 38.2 Å². The number of hydrogen-bond donors (Lipinski definition) is 3. The van der Waals surface area contributed by atoms with Crippen LogP contribution in [-0.2, 0) is 6.54 Å². The third kappa shape index (κ3) is 4.50. The summed E-state index contributed by atoms with van der Waals surface area (Å²) >= 11 is 6.05. The highest BCUT2D eigenvalue weighted by atomic mass is 35.5. The Hall–Kier alpha value is -2.88. The molecule has 32 heavy (non-hydrogen) atoms. The van der Waals surface area contributed by atoms with Crippen molar-refractivity contribution in [2.24, 2.45) is 5.92 Å². The Morgan fingerprint density at radius 1 is 1.38 bits per heavy atom. The monoisotopic (exact) mass is 459 g/mol. The van der Waals surface area contributed by atoms with Gasteiger partial charge >= 0.3 is 0 Å². The SMILES string of the molecule is Cc1cc(C(=O)c2cncnc2N[C@@H]2C[C@H](CO)[C@@H](O)[C@@H]2F)nn1Cc1cccc(Cl)c1. The normalized spacial score (nSPS) is 22.8. The van der Waals surface area contributed by atoms with Crippen molar-refractivity contribution in [1.82, 2.24) is 19.7 Å². The fourth-order valence-electron chi connectivity index (χ4n) is 3.93. The summed E-state index contributed by atoms with van der Waals surface area (Å²) in [5, 5.41) is 27.2. The number of aliphatic hydroxyl groups excluding tert-OH is 2. The molecule has 1 fully saturated rings. The van der Waals surface area contributed by atoms with Crippen molar-refractivity contribution in [3.8, 4) is 0 Å². The average Bonchev–Trinajstić information content (AvgIpc) is 3.28. The van der Waals surface area contributed by atoms with Gasteiger partial charge in [0.1, 0.15) is 24.0 Å². The first-order chi connectivity index (χ1) is 15.4. The lowest BCUT2D eigenvalue weighted by Crippen LogP contribution is -2.32. The number of aryl methyl sites for hydroxylation is 1. The summed E-state index contributed by atoms with van der Waals surface area (Å²) in [7, 11) is 0. The highest BCUT2D eigenvalue weighted by Crippen LogP contribution is 2.31. The van der Waals surface area contributed by atoms with E-state index in [0.29, 0.717) is 11.6 Å². The van der Waals surface area contributed by atoms with E-state index in [1.54, 1.807) is 16.8 Å². The van der Waals surface area contributed by atoms with Gasteiger partial charge < -0.3 is 15.5 Å². The van der Waals surface area contributed by atoms with E-state index in [4.69, 9.17) is 11.6 Å². The van der Waals surface area contributed by atoms with E-state index in [9.17, 15) is 19.4 Å². The van der Waals surface area contributed by atoms with E-state index in [1.165, 1.54) is 12.5 Å². The summed E-state index contributed by atoms with van der Waals surface area (Å²) in [6, 6.07) is 8.27. The Bertz CT molecular complexity index is 1120. The van der Waals surface area contributed by atoms with Crippen LogP contribution >= 0.6 is 11.6 Å². The van der Waals surface area contributed by atoms with Crippen LogP contribution in [0.1, 0.15) is 33.7 Å². The third-order valence-electron chi connectivity index (χ3n) is 5.70. The van der Waals surface area contributed by atoms with Crippen LogP contribution in [0.15, 0.2) is 42.9 Å². The Balaban J connectivity index is 1.56. The van der Waals surface area contributed by atoms with Crippen LogP contribution in [0.3, 0.4) is 0 Å². The van der Waals surface area contributed by atoms with E-state index < -0.39 is 30.0 Å². The van der Waals surface area contributed by atoms with Crippen molar-refractivity contribution < 1.29 is 19.4 Å². The van der Waals surface area contributed by atoms with Crippen molar-refractivity contribution in [1.29, 1.82) is 0 Å². The molecular formula is C22H23ClFN5O3. The minimum atomic E-state index is -1.59. The number of hydrogen-bond acceptors (Lipinski definition) is 7. The molecule has 1 aliphatic rings. The van der Waals surface area contributed by atoms with Gasteiger partial charge in [-0.25, -0.2) is 14.4 Å². The molecule has 2 aromatic heterocycles. The molecule has 4 atom stereocenters. The molecule has 3 aromatic rings. The van der Waals surface area contributed by atoms with Gasteiger partial charge in [-0.1, -0.05) is 23.7 Å². The number of alkyl halides is 1. The van der Waals surface area contributed by atoms with E-state index >= 15 is 0 Å². The summed E-state index contributed by atoms with van der Waals surface area (Å²) in [6.07, 6.45) is -0.0493. The summed E-state index contributed by atoms with van der Waals surface area (Å²) < 4.78 is 16.2. The number of rotatable bonds is 7. The number of halogens is 2. The number of carbonyl (C=O) groups excluding carboxylic acids is 1. The first kappa shape index (κ1) is 22.3. The number of carbonyl (C=O) groups is 1. The first-order valence-corrected chi connectivity index (χ1v) is 10.6.